The lowest BCUT2D eigenvalue weighted by atomic mass is 10.4. The number of nitrogen functional groups attached to an aromatic ring is 1. The highest BCUT2D eigenvalue weighted by Gasteiger charge is 2.14. The number of nitrogens with one attached hydrogen (secondary N) is 2. The van der Waals surface area contributed by atoms with Crippen LogP contribution in [0.4, 0.5) is 5.82 Å². The topological polar surface area (TPSA) is 114 Å². The van der Waals surface area contributed by atoms with Crippen molar-refractivity contribution in [1.82, 2.24) is 20.2 Å². The van der Waals surface area contributed by atoms with E-state index >= 15 is 0 Å². The molecule has 86 valence electrons. The predicted octanol–water partition coefficient (Wildman–Crippen LogP) is 1.06. The van der Waals surface area contributed by atoms with Gasteiger partial charge in [0.15, 0.2) is 11.6 Å². The molecule has 4 N–H and O–H groups in total. The van der Waals surface area contributed by atoms with Crippen molar-refractivity contribution < 1.29 is 4.42 Å². The molecule has 0 atom stereocenters. The molecule has 3 aromatic rings. The zero-order valence-electron chi connectivity index (χ0n) is 8.43. The Morgan fingerprint density at radius 1 is 1.47 bits per heavy atom. The van der Waals surface area contributed by atoms with Gasteiger partial charge < -0.3 is 10.2 Å². The van der Waals surface area contributed by atoms with Crippen LogP contribution in [0.3, 0.4) is 0 Å². The van der Waals surface area contributed by atoms with Gasteiger partial charge in [-0.25, -0.2) is 4.98 Å². The van der Waals surface area contributed by atoms with E-state index in [2.05, 4.69) is 20.2 Å². The van der Waals surface area contributed by atoms with Crippen molar-refractivity contribution in [2.24, 2.45) is 0 Å². The predicted molar refractivity (Wildman–Crippen MR) is 62.4 cm³/mol. The van der Waals surface area contributed by atoms with Crippen molar-refractivity contribution in [1.29, 1.82) is 0 Å². The third kappa shape index (κ3) is 1.64. The number of aromatic nitrogens is 4. The Hall–Kier alpha value is -2.35. The van der Waals surface area contributed by atoms with Gasteiger partial charge in [-0.15, -0.1) is 5.10 Å². The van der Waals surface area contributed by atoms with Crippen LogP contribution in [-0.2, 0) is 0 Å². The molecular weight excluding hydrogens is 242 g/mol. The summed E-state index contributed by atoms with van der Waals surface area (Å²) >= 11 is 0.978. The number of furan rings is 1. The van der Waals surface area contributed by atoms with Crippen molar-refractivity contribution in [2.75, 3.05) is 5.73 Å². The van der Waals surface area contributed by atoms with E-state index in [1.54, 1.807) is 12.1 Å². The summed E-state index contributed by atoms with van der Waals surface area (Å²) in [6, 6.07) is 3.49. The lowest BCUT2D eigenvalue weighted by molar-refractivity contribution is 0.577. The number of H-pyrrole nitrogens is 2. The molecule has 3 rings (SSSR count). The van der Waals surface area contributed by atoms with Crippen molar-refractivity contribution in [2.45, 2.75) is 0 Å². The van der Waals surface area contributed by atoms with Crippen LogP contribution in [0.1, 0.15) is 0 Å². The van der Waals surface area contributed by atoms with Crippen LogP contribution in [0.5, 0.6) is 0 Å². The molecule has 3 aromatic heterocycles. The molecule has 0 amide bonds. The number of anilines is 1. The van der Waals surface area contributed by atoms with Gasteiger partial charge in [-0.1, -0.05) is 11.3 Å². The average Bonchev–Trinajstić information content (AvgIpc) is 2.97. The summed E-state index contributed by atoms with van der Waals surface area (Å²) in [5.41, 5.74) is 5.64. The first-order chi connectivity index (χ1) is 8.24. The first kappa shape index (κ1) is 9.85. The number of hydrogen-bond donors (Lipinski definition) is 3. The van der Waals surface area contributed by atoms with Crippen LogP contribution in [0, 0.1) is 0 Å². The van der Waals surface area contributed by atoms with Crippen LogP contribution >= 0.6 is 11.3 Å². The van der Waals surface area contributed by atoms with Gasteiger partial charge in [0.25, 0.3) is 0 Å². The Labute approximate surface area is 98.3 Å². The van der Waals surface area contributed by atoms with Crippen LogP contribution in [0.15, 0.2) is 27.6 Å². The molecule has 0 unspecified atom stereocenters. The van der Waals surface area contributed by atoms with Gasteiger partial charge in [0, 0.05) is 0 Å². The summed E-state index contributed by atoms with van der Waals surface area (Å²) in [7, 11) is 0. The second-order valence-corrected chi connectivity index (χ2v) is 4.23. The molecule has 3 heterocycles. The Morgan fingerprint density at radius 2 is 2.35 bits per heavy atom. The minimum Gasteiger partial charge on any atom is -0.461 e. The number of nitrogens with zero attached hydrogens (tertiary/aromatic N) is 2. The molecule has 0 bridgehead atoms. The molecule has 0 spiro atoms. The standard InChI is InChI=1S/C9H7N5O2S/c10-6-5(17-9(15)11-6)8-12-7(13-14-8)4-2-1-3-16-4/h1-3H,10H2,(H,11,15)(H,12,13,14). The number of aromatic amines is 2. The lowest BCUT2D eigenvalue weighted by Gasteiger charge is -1.89. The van der Waals surface area contributed by atoms with Crippen molar-refractivity contribution >= 4 is 17.2 Å². The van der Waals surface area contributed by atoms with Gasteiger partial charge >= 0.3 is 4.87 Å². The number of hydrogen-bond acceptors (Lipinski definition) is 6. The van der Waals surface area contributed by atoms with E-state index in [1.165, 1.54) is 6.26 Å². The summed E-state index contributed by atoms with van der Waals surface area (Å²) in [6.07, 6.45) is 1.54. The monoisotopic (exact) mass is 249 g/mol. The highest BCUT2D eigenvalue weighted by atomic mass is 32.1. The molecule has 7 nitrogen and oxygen atoms in total. The number of rotatable bonds is 2. The average molecular weight is 249 g/mol. The SMILES string of the molecule is Nc1[nH]c(=O)sc1-c1nc(-c2ccco2)n[nH]1. The summed E-state index contributed by atoms with van der Waals surface area (Å²) in [4.78, 5) is 18.1. The van der Waals surface area contributed by atoms with Gasteiger partial charge in [-0.3, -0.25) is 14.9 Å². The molecule has 0 aliphatic carbocycles. The second-order valence-electron chi connectivity index (χ2n) is 3.24. The van der Waals surface area contributed by atoms with E-state index in [-0.39, 0.29) is 10.7 Å². The van der Waals surface area contributed by atoms with Crippen LogP contribution < -0.4 is 10.6 Å². The number of nitrogens with two attached hydrogens (primary N) is 1. The van der Waals surface area contributed by atoms with E-state index in [0.717, 1.165) is 11.3 Å². The largest absolute Gasteiger partial charge is 0.461 e. The summed E-state index contributed by atoms with van der Waals surface area (Å²) < 4.78 is 5.16. The molecule has 0 aromatic carbocycles. The van der Waals surface area contributed by atoms with Gasteiger partial charge in [-0.2, -0.15) is 0 Å². The molecule has 0 aliphatic rings. The molecule has 17 heavy (non-hydrogen) atoms. The second kappa shape index (κ2) is 3.59. The molecule has 0 fully saturated rings. The highest BCUT2D eigenvalue weighted by molar-refractivity contribution is 7.13. The fourth-order valence-corrected chi connectivity index (χ4v) is 2.09. The zero-order chi connectivity index (χ0) is 11.8. The van der Waals surface area contributed by atoms with Gasteiger partial charge in [-0.05, 0) is 12.1 Å². The van der Waals surface area contributed by atoms with E-state index in [1.807, 2.05) is 0 Å². The highest BCUT2D eigenvalue weighted by Crippen LogP contribution is 2.25. The first-order valence-electron chi connectivity index (χ1n) is 4.69. The quantitative estimate of drug-likeness (QED) is 0.628. The van der Waals surface area contributed by atoms with Crippen LogP contribution in [-0.4, -0.2) is 20.2 Å². The molecule has 8 heteroatoms. The van der Waals surface area contributed by atoms with E-state index in [0.29, 0.717) is 22.3 Å². The maximum Gasteiger partial charge on any atom is 0.306 e. The molecule has 0 saturated carbocycles. The van der Waals surface area contributed by atoms with E-state index in [4.69, 9.17) is 10.2 Å². The minimum absolute atomic E-state index is 0.228. The van der Waals surface area contributed by atoms with Gasteiger partial charge in [0.05, 0.1) is 6.26 Å². The van der Waals surface area contributed by atoms with E-state index in [9.17, 15) is 4.79 Å². The molecular formula is C9H7N5O2S. The van der Waals surface area contributed by atoms with Gasteiger partial charge in [0.1, 0.15) is 10.7 Å². The Bertz CT molecular complexity index is 693. The van der Waals surface area contributed by atoms with Crippen molar-refractivity contribution in [3.8, 4) is 22.3 Å². The van der Waals surface area contributed by atoms with Crippen LogP contribution in [0.25, 0.3) is 22.3 Å². The maximum atomic E-state index is 11.1. The summed E-state index contributed by atoms with van der Waals surface area (Å²) in [5, 5.41) is 6.71. The third-order valence-corrected chi connectivity index (χ3v) is 3.02. The first-order valence-corrected chi connectivity index (χ1v) is 5.51. The Balaban J connectivity index is 2.06. The molecule has 0 radical (unpaired) electrons. The van der Waals surface area contributed by atoms with Crippen molar-refractivity contribution in [3.63, 3.8) is 0 Å². The zero-order valence-corrected chi connectivity index (χ0v) is 9.25. The summed E-state index contributed by atoms with van der Waals surface area (Å²) in [6.45, 7) is 0. The lowest BCUT2D eigenvalue weighted by Crippen LogP contribution is -1.94. The van der Waals surface area contributed by atoms with E-state index < -0.39 is 0 Å². The normalized spacial score (nSPS) is 10.8. The fourth-order valence-electron chi connectivity index (χ4n) is 1.40. The van der Waals surface area contributed by atoms with Crippen LogP contribution in [0.2, 0.25) is 0 Å². The molecule has 0 saturated heterocycles. The Morgan fingerprint density at radius 3 is 3.00 bits per heavy atom. The fraction of sp³-hybridized carbons (Fsp3) is 0. The third-order valence-electron chi connectivity index (χ3n) is 2.12. The maximum absolute atomic E-state index is 11.1. The smallest absolute Gasteiger partial charge is 0.306 e. The Kier molecular flexibility index (Phi) is 2.08. The molecule has 0 aliphatic heterocycles. The van der Waals surface area contributed by atoms with Crippen molar-refractivity contribution in [3.05, 3.63) is 28.1 Å². The number of thiazole rings is 1. The van der Waals surface area contributed by atoms with Gasteiger partial charge in [0.2, 0.25) is 5.82 Å². The summed E-state index contributed by atoms with van der Waals surface area (Å²) in [5.74, 6) is 1.69. The minimum atomic E-state index is -0.228.